The van der Waals surface area contributed by atoms with Crippen LogP contribution in [0.4, 0.5) is 0 Å². The molecule has 1 amide bonds. The first-order chi connectivity index (χ1) is 14.9. The van der Waals surface area contributed by atoms with Gasteiger partial charge in [0.15, 0.2) is 12.4 Å². The lowest BCUT2D eigenvalue weighted by molar-refractivity contribution is -0.123. The Morgan fingerprint density at radius 1 is 1.13 bits per heavy atom. The van der Waals surface area contributed by atoms with E-state index in [1.54, 1.807) is 12.1 Å². The third-order valence-electron chi connectivity index (χ3n) is 5.58. The van der Waals surface area contributed by atoms with Crippen LogP contribution >= 0.6 is 0 Å². The molecule has 0 spiro atoms. The van der Waals surface area contributed by atoms with Gasteiger partial charge in [0, 0.05) is 36.0 Å². The highest BCUT2D eigenvalue weighted by atomic mass is 16.5. The van der Waals surface area contributed by atoms with E-state index in [2.05, 4.69) is 10.6 Å². The van der Waals surface area contributed by atoms with Crippen molar-refractivity contribution in [3.63, 3.8) is 0 Å². The number of carbonyl (C=O) groups is 2. The number of carbonyl (C=O) groups excluding carboxylic acids is 2. The quantitative estimate of drug-likeness (QED) is 0.482. The Kier molecular flexibility index (Phi) is 5.80. The van der Waals surface area contributed by atoms with Crippen LogP contribution in [-0.2, 0) is 10.2 Å². The van der Waals surface area contributed by atoms with Crippen molar-refractivity contribution in [2.75, 3.05) is 32.8 Å². The van der Waals surface area contributed by atoms with Crippen molar-refractivity contribution >= 4 is 22.7 Å². The predicted octanol–water partition coefficient (Wildman–Crippen LogP) is 2.38. The van der Waals surface area contributed by atoms with Gasteiger partial charge in [-0.15, -0.1) is 0 Å². The number of furan rings is 1. The number of ether oxygens (including phenoxy) is 1. The van der Waals surface area contributed by atoms with E-state index >= 15 is 0 Å². The number of ketones is 1. The van der Waals surface area contributed by atoms with E-state index in [0.29, 0.717) is 47.9 Å². The Hall–Kier alpha value is -3.16. The van der Waals surface area contributed by atoms with Crippen LogP contribution < -0.4 is 15.4 Å². The standard InChI is InChI=1S/C24H26N2O5/c1-24(2)18-13-15(30-14-20(28)26-10-9-25-11-12-27)7-8-16(18)22(29)21-17-5-3-4-6-19(17)31-23(21)24/h3-8,13,25,27H,9-12,14H2,1-2H3,(H,26,28). The number of aliphatic hydroxyl groups is 1. The van der Waals surface area contributed by atoms with E-state index < -0.39 is 5.41 Å². The summed E-state index contributed by atoms with van der Waals surface area (Å²) in [5, 5.41) is 15.3. The van der Waals surface area contributed by atoms with Gasteiger partial charge in [-0.05, 0) is 43.7 Å². The second kappa shape index (κ2) is 8.53. The predicted molar refractivity (Wildman–Crippen MR) is 117 cm³/mol. The zero-order valence-electron chi connectivity index (χ0n) is 17.7. The number of hydrogen-bond donors (Lipinski definition) is 3. The number of nitrogens with one attached hydrogen (secondary N) is 2. The Bertz CT molecular complexity index is 1130. The first kappa shape index (κ1) is 21.1. The minimum Gasteiger partial charge on any atom is -0.484 e. The van der Waals surface area contributed by atoms with Crippen molar-refractivity contribution in [2.45, 2.75) is 19.3 Å². The van der Waals surface area contributed by atoms with Crippen molar-refractivity contribution in [3.8, 4) is 5.75 Å². The Morgan fingerprint density at radius 2 is 1.94 bits per heavy atom. The maximum Gasteiger partial charge on any atom is 0.257 e. The van der Waals surface area contributed by atoms with E-state index in [9.17, 15) is 9.59 Å². The molecule has 0 radical (unpaired) electrons. The van der Waals surface area contributed by atoms with Crippen LogP contribution in [0.25, 0.3) is 11.0 Å². The number of fused-ring (bicyclic) bond motifs is 4. The van der Waals surface area contributed by atoms with Crippen molar-refractivity contribution in [2.24, 2.45) is 0 Å². The number of rotatable bonds is 8. The first-order valence-electron chi connectivity index (χ1n) is 10.4. The van der Waals surface area contributed by atoms with Crippen LogP contribution in [0.1, 0.15) is 41.1 Å². The molecule has 0 fully saturated rings. The average molecular weight is 422 g/mol. The molecular weight excluding hydrogens is 396 g/mol. The van der Waals surface area contributed by atoms with Gasteiger partial charge in [0.1, 0.15) is 17.1 Å². The van der Waals surface area contributed by atoms with Gasteiger partial charge in [-0.25, -0.2) is 0 Å². The lowest BCUT2D eigenvalue weighted by Gasteiger charge is -2.30. The van der Waals surface area contributed by atoms with Crippen molar-refractivity contribution in [3.05, 3.63) is 64.9 Å². The second-order valence-electron chi connectivity index (χ2n) is 8.08. The van der Waals surface area contributed by atoms with Gasteiger partial charge in [-0.3, -0.25) is 9.59 Å². The van der Waals surface area contributed by atoms with Crippen LogP contribution in [-0.4, -0.2) is 49.6 Å². The Labute approximate surface area is 180 Å². The lowest BCUT2D eigenvalue weighted by Crippen LogP contribution is -2.35. The Balaban J connectivity index is 1.51. The summed E-state index contributed by atoms with van der Waals surface area (Å²) in [7, 11) is 0. The molecule has 0 aliphatic heterocycles. The fourth-order valence-electron chi connectivity index (χ4n) is 3.99. The topological polar surface area (TPSA) is 101 Å². The molecule has 1 aliphatic carbocycles. The van der Waals surface area contributed by atoms with Crippen molar-refractivity contribution in [1.29, 1.82) is 0 Å². The highest BCUT2D eigenvalue weighted by Gasteiger charge is 2.41. The summed E-state index contributed by atoms with van der Waals surface area (Å²) in [6.45, 7) is 5.49. The Morgan fingerprint density at radius 3 is 2.74 bits per heavy atom. The molecule has 7 heteroatoms. The molecule has 4 rings (SSSR count). The van der Waals surface area contributed by atoms with Crippen LogP contribution in [0.5, 0.6) is 5.75 Å². The van der Waals surface area contributed by atoms with Gasteiger partial charge in [0.2, 0.25) is 0 Å². The molecule has 0 saturated heterocycles. The first-order valence-corrected chi connectivity index (χ1v) is 10.4. The molecule has 2 aromatic carbocycles. The molecule has 1 aliphatic rings. The summed E-state index contributed by atoms with van der Waals surface area (Å²) in [6.07, 6.45) is 0. The van der Waals surface area contributed by atoms with Gasteiger partial charge < -0.3 is 24.9 Å². The number of hydrogen-bond acceptors (Lipinski definition) is 6. The van der Waals surface area contributed by atoms with Gasteiger partial charge in [0.25, 0.3) is 5.91 Å². The molecule has 1 heterocycles. The van der Waals surface area contributed by atoms with Crippen LogP contribution in [0, 0.1) is 0 Å². The molecule has 0 unspecified atom stereocenters. The van der Waals surface area contributed by atoms with Crippen molar-refractivity contribution in [1.82, 2.24) is 10.6 Å². The zero-order valence-corrected chi connectivity index (χ0v) is 17.7. The lowest BCUT2D eigenvalue weighted by atomic mass is 9.72. The minimum atomic E-state index is -0.530. The molecule has 0 atom stereocenters. The molecular formula is C24H26N2O5. The van der Waals surface area contributed by atoms with E-state index in [0.717, 1.165) is 10.9 Å². The number of amides is 1. The monoisotopic (exact) mass is 422 g/mol. The number of benzene rings is 2. The fraction of sp³-hybridized carbons (Fsp3) is 0.333. The molecule has 162 valence electrons. The van der Waals surface area contributed by atoms with Gasteiger partial charge in [0.05, 0.1) is 12.2 Å². The molecule has 7 nitrogen and oxygen atoms in total. The van der Waals surface area contributed by atoms with Gasteiger partial charge in [-0.2, -0.15) is 0 Å². The summed E-state index contributed by atoms with van der Waals surface area (Å²) in [5.74, 6) is 0.872. The fourth-order valence-corrected chi connectivity index (χ4v) is 3.99. The number of aliphatic hydroxyl groups excluding tert-OH is 1. The van der Waals surface area contributed by atoms with Crippen LogP contribution in [0.3, 0.4) is 0 Å². The van der Waals surface area contributed by atoms with E-state index in [1.807, 2.05) is 44.2 Å². The van der Waals surface area contributed by atoms with Crippen LogP contribution in [0.2, 0.25) is 0 Å². The SMILES string of the molecule is CC1(C)c2cc(OCC(=O)NCCNCCO)ccc2C(=O)c2c1oc1ccccc21. The molecule has 3 N–H and O–H groups in total. The minimum absolute atomic E-state index is 0.0593. The highest BCUT2D eigenvalue weighted by molar-refractivity contribution is 6.19. The van der Waals surface area contributed by atoms with E-state index in [1.165, 1.54) is 0 Å². The molecule has 0 saturated carbocycles. The molecule has 1 aromatic heterocycles. The summed E-state index contributed by atoms with van der Waals surface area (Å²) >= 11 is 0. The summed E-state index contributed by atoms with van der Waals surface area (Å²) < 4.78 is 11.8. The third kappa shape index (κ3) is 3.94. The third-order valence-corrected chi connectivity index (χ3v) is 5.58. The van der Waals surface area contributed by atoms with E-state index in [-0.39, 0.29) is 24.9 Å². The molecule has 3 aromatic rings. The van der Waals surface area contributed by atoms with E-state index in [4.69, 9.17) is 14.3 Å². The summed E-state index contributed by atoms with van der Waals surface area (Å²) in [6, 6.07) is 12.9. The van der Waals surface area contributed by atoms with Gasteiger partial charge >= 0.3 is 0 Å². The number of para-hydroxylation sites is 1. The maximum atomic E-state index is 13.3. The zero-order chi connectivity index (χ0) is 22.0. The highest BCUT2D eigenvalue weighted by Crippen LogP contribution is 2.46. The summed E-state index contributed by atoms with van der Waals surface area (Å²) in [4.78, 5) is 25.3. The van der Waals surface area contributed by atoms with Crippen LogP contribution in [0.15, 0.2) is 46.9 Å². The molecule has 31 heavy (non-hydrogen) atoms. The van der Waals surface area contributed by atoms with Crippen molar-refractivity contribution < 1.29 is 23.8 Å². The summed E-state index contributed by atoms with van der Waals surface area (Å²) in [5.41, 5.74) is 2.22. The average Bonchev–Trinajstić information content (AvgIpc) is 3.17. The maximum absolute atomic E-state index is 13.3. The van der Waals surface area contributed by atoms with Gasteiger partial charge in [-0.1, -0.05) is 18.2 Å². The second-order valence-corrected chi connectivity index (χ2v) is 8.08. The normalized spacial score (nSPS) is 14.2. The largest absolute Gasteiger partial charge is 0.484 e. The molecule has 0 bridgehead atoms. The smallest absolute Gasteiger partial charge is 0.257 e.